The van der Waals surface area contributed by atoms with E-state index in [2.05, 4.69) is 37.7 Å². The lowest BCUT2D eigenvalue weighted by molar-refractivity contribution is 0.772. The van der Waals surface area contributed by atoms with Gasteiger partial charge in [-0.15, -0.1) is 12.3 Å². The first-order valence-corrected chi connectivity index (χ1v) is 8.85. The van der Waals surface area contributed by atoms with Gasteiger partial charge >= 0.3 is 0 Å². The fraction of sp³-hybridized carbons (Fsp3) is 0.667. The highest BCUT2D eigenvalue weighted by Crippen LogP contribution is 2.09. The van der Waals surface area contributed by atoms with Crippen molar-refractivity contribution in [2.75, 3.05) is 0 Å². The highest BCUT2D eigenvalue weighted by molar-refractivity contribution is 6.76. The molecule has 0 heterocycles. The molecule has 0 saturated carbocycles. The topological polar surface area (TPSA) is 0 Å². The van der Waals surface area contributed by atoms with Crippen LogP contribution < -0.4 is 0 Å². The zero-order valence-corrected chi connectivity index (χ0v) is 10.3. The van der Waals surface area contributed by atoms with Gasteiger partial charge in [0, 0.05) is 14.5 Å². The first-order valence-electron chi connectivity index (χ1n) is 5.15. The van der Waals surface area contributed by atoms with E-state index in [1.165, 1.54) is 25.3 Å². The summed E-state index contributed by atoms with van der Waals surface area (Å²) in [5.74, 6) is 2.67. The summed E-state index contributed by atoms with van der Waals surface area (Å²) in [5.41, 5.74) is 0. The molecule has 0 aromatic heterocycles. The summed E-state index contributed by atoms with van der Waals surface area (Å²) in [6.45, 7) is 7.20. The highest BCUT2D eigenvalue weighted by Gasteiger charge is 2.08. The van der Waals surface area contributed by atoms with Crippen molar-refractivity contribution in [2.24, 2.45) is 0 Å². The zero-order valence-electron chi connectivity index (χ0n) is 9.27. The molecule has 0 bridgehead atoms. The molecule has 0 aromatic rings. The Bertz CT molecular complexity index is 178. The van der Waals surface area contributed by atoms with Crippen LogP contribution in [0.2, 0.25) is 25.7 Å². The number of hydrogen-bond donors (Lipinski definition) is 0. The summed E-state index contributed by atoms with van der Waals surface area (Å²) in [4.78, 5) is 0. The number of hydrogen-bond acceptors (Lipinski definition) is 0. The molecule has 0 atom stereocenters. The van der Waals surface area contributed by atoms with Crippen LogP contribution in [0.4, 0.5) is 0 Å². The molecule has 1 heteroatoms. The van der Waals surface area contributed by atoms with Gasteiger partial charge in [-0.2, -0.15) is 0 Å². The standard InChI is InChI=1S/C12H22Si/c1-5-6-7-8-9-10-11-12-13(2,3)4/h1,10-11H,6-9,12H2,2-4H3/b11-10+. The summed E-state index contributed by atoms with van der Waals surface area (Å²) in [5, 5.41) is 0. The molecular formula is C12H22Si. The van der Waals surface area contributed by atoms with Crippen molar-refractivity contribution in [1.82, 2.24) is 0 Å². The predicted octanol–water partition coefficient (Wildman–Crippen LogP) is 4.07. The first-order chi connectivity index (χ1) is 6.06. The zero-order chi connectivity index (χ0) is 10.2. The van der Waals surface area contributed by atoms with Crippen LogP contribution in [0.25, 0.3) is 0 Å². The van der Waals surface area contributed by atoms with E-state index >= 15 is 0 Å². The maximum Gasteiger partial charge on any atom is 0.0480 e. The summed E-state index contributed by atoms with van der Waals surface area (Å²) in [7, 11) is -0.852. The Morgan fingerprint density at radius 3 is 2.38 bits per heavy atom. The molecule has 0 saturated heterocycles. The van der Waals surface area contributed by atoms with Gasteiger partial charge in [0.25, 0.3) is 0 Å². The Labute approximate surface area is 84.4 Å². The Kier molecular flexibility index (Phi) is 6.71. The van der Waals surface area contributed by atoms with E-state index in [4.69, 9.17) is 6.42 Å². The maximum absolute atomic E-state index is 5.16. The van der Waals surface area contributed by atoms with Crippen LogP contribution in [0.5, 0.6) is 0 Å². The molecule has 0 aromatic carbocycles. The maximum atomic E-state index is 5.16. The normalized spacial score (nSPS) is 11.8. The fourth-order valence-corrected chi connectivity index (χ4v) is 1.92. The molecule has 0 rings (SSSR count). The van der Waals surface area contributed by atoms with Crippen LogP contribution in [-0.4, -0.2) is 8.07 Å². The van der Waals surface area contributed by atoms with Crippen LogP contribution in [-0.2, 0) is 0 Å². The molecule has 0 aliphatic heterocycles. The summed E-state index contributed by atoms with van der Waals surface area (Å²) >= 11 is 0. The summed E-state index contributed by atoms with van der Waals surface area (Å²) in [6, 6.07) is 1.31. The van der Waals surface area contributed by atoms with E-state index in [9.17, 15) is 0 Å². The van der Waals surface area contributed by atoms with Gasteiger partial charge in [-0.05, 0) is 25.3 Å². The molecule has 0 amide bonds. The second-order valence-electron chi connectivity index (χ2n) is 4.69. The minimum Gasteiger partial charge on any atom is -0.120 e. The molecule has 0 radical (unpaired) electrons. The van der Waals surface area contributed by atoms with Crippen LogP contribution in [0, 0.1) is 12.3 Å². The lowest BCUT2D eigenvalue weighted by Crippen LogP contribution is -2.17. The van der Waals surface area contributed by atoms with Gasteiger partial charge in [0.15, 0.2) is 0 Å². The first kappa shape index (κ1) is 12.5. The van der Waals surface area contributed by atoms with E-state index in [0.717, 1.165) is 6.42 Å². The summed E-state index contributed by atoms with van der Waals surface area (Å²) < 4.78 is 0. The van der Waals surface area contributed by atoms with Crippen LogP contribution >= 0.6 is 0 Å². The van der Waals surface area contributed by atoms with Gasteiger partial charge in [0.2, 0.25) is 0 Å². The van der Waals surface area contributed by atoms with Crippen molar-refractivity contribution in [1.29, 1.82) is 0 Å². The smallest absolute Gasteiger partial charge is 0.0480 e. The predicted molar refractivity (Wildman–Crippen MR) is 64.6 cm³/mol. The lowest BCUT2D eigenvalue weighted by Gasteiger charge is -2.11. The quantitative estimate of drug-likeness (QED) is 0.259. The lowest BCUT2D eigenvalue weighted by atomic mass is 10.2. The minimum atomic E-state index is -0.852. The number of rotatable bonds is 6. The van der Waals surface area contributed by atoms with E-state index in [-0.39, 0.29) is 0 Å². The average Bonchev–Trinajstić information content (AvgIpc) is 2.01. The van der Waals surface area contributed by atoms with Crippen LogP contribution in [0.3, 0.4) is 0 Å². The molecule has 0 N–H and O–H groups in total. The van der Waals surface area contributed by atoms with Crippen LogP contribution in [0.1, 0.15) is 25.7 Å². The Hall–Kier alpha value is -0.483. The van der Waals surface area contributed by atoms with Gasteiger partial charge in [0.1, 0.15) is 0 Å². The van der Waals surface area contributed by atoms with E-state index in [1.807, 2.05) is 0 Å². The molecule has 0 nitrogen and oxygen atoms in total. The molecule has 0 aliphatic rings. The highest BCUT2D eigenvalue weighted by atomic mass is 28.3. The SMILES string of the molecule is C#CCCCC/C=C/C[Si](C)(C)C. The Morgan fingerprint density at radius 1 is 1.15 bits per heavy atom. The molecule has 74 valence electrons. The van der Waals surface area contributed by atoms with Gasteiger partial charge in [-0.1, -0.05) is 31.8 Å². The molecule has 13 heavy (non-hydrogen) atoms. The van der Waals surface area contributed by atoms with Crippen molar-refractivity contribution >= 4 is 8.07 Å². The van der Waals surface area contributed by atoms with Crippen molar-refractivity contribution in [3.8, 4) is 12.3 Å². The third-order valence-electron chi connectivity index (χ3n) is 1.84. The Balaban J connectivity index is 3.28. The molecule has 0 spiro atoms. The Morgan fingerprint density at radius 2 is 1.85 bits per heavy atom. The van der Waals surface area contributed by atoms with Crippen molar-refractivity contribution in [2.45, 2.75) is 51.4 Å². The number of allylic oxidation sites excluding steroid dienone is 2. The second-order valence-corrected chi connectivity index (χ2v) is 10.2. The molecule has 0 fully saturated rings. The van der Waals surface area contributed by atoms with E-state index in [0.29, 0.717) is 0 Å². The van der Waals surface area contributed by atoms with Gasteiger partial charge < -0.3 is 0 Å². The van der Waals surface area contributed by atoms with Crippen molar-refractivity contribution in [3.05, 3.63) is 12.2 Å². The second kappa shape index (κ2) is 6.97. The van der Waals surface area contributed by atoms with Crippen molar-refractivity contribution in [3.63, 3.8) is 0 Å². The largest absolute Gasteiger partial charge is 0.120 e. The fourth-order valence-electron chi connectivity index (χ4n) is 1.04. The van der Waals surface area contributed by atoms with Gasteiger partial charge in [-0.3, -0.25) is 0 Å². The number of terminal acetylenes is 1. The van der Waals surface area contributed by atoms with Gasteiger partial charge in [-0.25, -0.2) is 0 Å². The average molecular weight is 194 g/mol. The molecule has 0 unspecified atom stereocenters. The van der Waals surface area contributed by atoms with Gasteiger partial charge in [0.05, 0.1) is 0 Å². The molecule has 0 aliphatic carbocycles. The van der Waals surface area contributed by atoms with Crippen molar-refractivity contribution < 1.29 is 0 Å². The molecular weight excluding hydrogens is 172 g/mol. The monoisotopic (exact) mass is 194 g/mol. The minimum absolute atomic E-state index is 0.852. The summed E-state index contributed by atoms with van der Waals surface area (Å²) in [6.07, 6.45) is 14.4. The third-order valence-corrected chi connectivity index (χ3v) is 3.30. The van der Waals surface area contributed by atoms with E-state index < -0.39 is 8.07 Å². The third kappa shape index (κ3) is 11.5. The van der Waals surface area contributed by atoms with E-state index in [1.54, 1.807) is 0 Å². The number of unbranched alkanes of at least 4 members (excludes halogenated alkanes) is 3. The van der Waals surface area contributed by atoms with Crippen LogP contribution in [0.15, 0.2) is 12.2 Å².